The fourth-order valence-electron chi connectivity index (χ4n) is 2.70. The molecular weight excluding hydrogens is 328 g/mol. The van der Waals surface area contributed by atoms with Crippen molar-refractivity contribution < 1.29 is 9.59 Å². The van der Waals surface area contributed by atoms with E-state index in [9.17, 15) is 9.59 Å². The van der Waals surface area contributed by atoms with E-state index in [1.54, 1.807) is 14.1 Å². The monoisotopic (exact) mass is 352 g/mol. The maximum atomic E-state index is 11.9. The number of hydrogen-bond donors (Lipinski definition) is 2. The lowest BCUT2D eigenvalue weighted by Crippen LogP contribution is -2.48. The van der Waals surface area contributed by atoms with E-state index < -0.39 is 0 Å². The Balaban J connectivity index is 1.70. The molecule has 0 spiro atoms. The molecule has 1 aromatic rings. The number of piperidine rings is 1. The van der Waals surface area contributed by atoms with Gasteiger partial charge in [0.1, 0.15) is 0 Å². The lowest BCUT2D eigenvalue weighted by molar-refractivity contribution is -0.121. The topological polar surface area (TPSA) is 64.7 Å². The molecule has 1 aliphatic heterocycles. The second-order valence-electron chi connectivity index (χ2n) is 6.26. The van der Waals surface area contributed by atoms with E-state index >= 15 is 0 Å². The number of rotatable bonds is 5. The molecule has 1 aliphatic rings. The van der Waals surface area contributed by atoms with Crippen LogP contribution < -0.4 is 10.6 Å². The zero-order valence-corrected chi connectivity index (χ0v) is 15.0. The van der Waals surface area contributed by atoms with Crippen molar-refractivity contribution in [3.8, 4) is 0 Å². The van der Waals surface area contributed by atoms with E-state index in [1.165, 1.54) is 4.90 Å². The molecule has 1 heterocycles. The highest BCUT2D eigenvalue weighted by Gasteiger charge is 2.21. The van der Waals surface area contributed by atoms with Crippen molar-refractivity contribution in [3.63, 3.8) is 0 Å². The van der Waals surface area contributed by atoms with Crippen LogP contribution in [0.1, 0.15) is 18.4 Å². The largest absolute Gasteiger partial charge is 0.352 e. The second-order valence-corrected chi connectivity index (χ2v) is 6.67. The summed E-state index contributed by atoms with van der Waals surface area (Å²) < 4.78 is 0. The molecule has 3 amide bonds. The van der Waals surface area contributed by atoms with E-state index in [0.717, 1.165) is 43.1 Å². The Morgan fingerprint density at radius 1 is 1.25 bits per heavy atom. The normalized spacial score (nSPS) is 15.8. The number of hydrogen-bond acceptors (Lipinski definition) is 3. The molecule has 0 unspecified atom stereocenters. The van der Waals surface area contributed by atoms with Gasteiger partial charge in [0.25, 0.3) is 0 Å². The molecule has 7 heteroatoms. The minimum Gasteiger partial charge on any atom is -0.352 e. The number of benzene rings is 1. The average Bonchev–Trinajstić information content (AvgIpc) is 2.56. The van der Waals surface area contributed by atoms with Crippen LogP contribution in [0.5, 0.6) is 0 Å². The number of halogens is 1. The standard InChI is InChI=1S/C17H25ClN4O2/c1-21(2)17(24)19-11-16(23)20-14-7-9-22(10-8-14)12-13-5-3-4-6-15(13)18/h3-6,14H,7-12H2,1-2H3,(H,19,24)(H,20,23). The lowest BCUT2D eigenvalue weighted by Gasteiger charge is -2.32. The van der Waals surface area contributed by atoms with Crippen LogP contribution in [-0.2, 0) is 11.3 Å². The first-order chi connectivity index (χ1) is 11.5. The molecule has 0 saturated carbocycles. The lowest BCUT2D eigenvalue weighted by atomic mass is 10.0. The van der Waals surface area contributed by atoms with Crippen molar-refractivity contribution >= 4 is 23.5 Å². The summed E-state index contributed by atoms with van der Waals surface area (Å²) in [7, 11) is 3.28. The zero-order chi connectivity index (χ0) is 17.5. The van der Waals surface area contributed by atoms with Gasteiger partial charge in [0.15, 0.2) is 0 Å². The molecule has 1 saturated heterocycles. The van der Waals surface area contributed by atoms with Gasteiger partial charge in [-0.3, -0.25) is 9.69 Å². The maximum absolute atomic E-state index is 11.9. The van der Waals surface area contributed by atoms with Crippen molar-refractivity contribution in [2.24, 2.45) is 0 Å². The van der Waals surface area contributed by atoms with Crippen LogP contribution in [-0.4, -0.2) is 61.5 Å². The van der Waals surface area contributed by atoms with Gasteiger partial charge in [0.2, 0.25) is 5.91 Å². The average molecular weight is 353 g/mol. The van der Waals surface area contributed by atoms with Crippen molar-refractivity contribution in [3.05, 3.63) is 34.9 Å². The van der Waals surface area contributed by atoms with Crippen molar-refractivity contribution in [2.45, 2.75) is 25.4 Å². The molecule has 0 aromatic heterocycles. The Morgan fingerprint density at radius 2 is 1.92 bits per heavy atom. The third-order valence-electron chi connectivity index (χ3n) is 4.11. The van der Waals surface area contributed by atoms with Gasteiger partial charge in [-0.05, 0) is 24.5 Å². The van der Waals surface area contributed by atoms with E-state index in [1.807, 2.05) is 24.3 Å². The minimum absolute atomic E-state index is 0.0108. The van der Waals surface area contributed by atoms with Crippen LogP contribution in [0.15, 0.2) is 24.3 Å². The highest BCUT2D eigenvalue weighted by atomic mass is 35.5. The smallest absolute Gasteiger partial charge is 0.317 e. The number of amides is 3. The van der Waals surface area contributed by atoms with Crippen LogP contribution in [0.3, 0.4) is 0 Å². The number of likely N-dealkylation sites (tertiary alicyclic amines) is 1. The number of urea groups is 1. The summed E-state index contributed by atoms with van der Waals surface area (Å²) in [5.41, 5.74) is 1.13. The number of nitrogens with zero attached hydrogens (tertiary/aromatic N) is 2. The molecule has 24 heavy (non-hydrogen) atoms. The molecule has 0 bridgehead atoms. The molecule has 2 rings (SSSR count). The van der Waals surface area contributed by atoms with Gasteiger partial charge in [0, 0.05) is 44.8 Å². The summed E-state index contributed by atoms with van der Waals surface area (Å²) in [6.07, 6.45) is 1.80. The Hall–Kier alpha value is -1.79. The first-order valence-corrected chi connectivity index (χ1v) is 8.54. The molecule has 2 N–H and O–H groups in total. The van der Waals surface area contributed by atoms with E-state index in [0.29, 0.717) is 0 Å². The molecule has 0 radical (unpaired) electrons. The van der Waals surface area contributed by atoms with Crippen LogP contribution in [0.2, 0.25) is 5.02 Å². The van der Waals surface area contributed by atoms with E-state index in [4.69, 9.17) is 11.6 Å². The zero-order valence-electron chi connectivity index (χ0n) is 14.2. The highest BCUT2D eigenvalue weighted by Crippen LogP contribution is 2.19. The van der Waals surface area contributed by atoms with Crippen molar-refractivity contribution in [2.75, 3.05) is 33.7 Å². The summed E-state index contributed by atoms with van der Waals surface area (Å²) in [5.74, 6) is -0.144. The van der Waals surface area contributed by atoms with Crippen LogP contribution in [0.4, 0.5) is 4.79 Å². The van der Waals surface area contributed by atoms with Gasteiger partial charge < -0.3 is 15.5 Å². The fraction of sp³-hybridized carbons (Fsp3) is 0.529. The molecule has 0 aliphatic carbocycles. The van der Waals surface area contributed by atoms with E-state index in [-0.39, 0.29) is 24.5 Å². The van der Waals surface area contributed by atoms with Crippen molar-refractivity contribution in [1.29, 1.82) is 0 Å². The quantitative estimate of drug-likeness (QED) is 0.847. The number of carbonyl (C=O) groups excluding carboxylic acids is 2. The van der Waals surface area contributed by atoms with Gasteiger partial charge in [-0.2, -0.15) is 0 Å². The van der Waals surface area contributed by atoms with E-state index in [2.05, 4.69) is 15.5 Å². The third kappa shape index (κ3) is 5.69. The first kappa shape index (κ1) is 18.5. The van der Waals surface area contributed by atoms with Gasteiger partial charge >= 0.3 is 6.03 Å². The molecule has 0 atom stereocenters. The molecular formula is C17H25ClN4O2. The summed E-state index contributed by atoms with van der Waals surface area (Å²) in [4.78, 5) is 27.0. The Morgan fingerprint density at radius 3 is 2.54 bits per heavy atom. The summed E-state index contributed by atoms with van der Waals surface area (Å²) in [5, 5.41) is 6.35. The predicted octanol–water partition coefficient (Wildman–Crippen LogP) is 1.69. The SMILES string of the molecule is CN(C)C(=O)NCC(=O)NC1CCN(Cc2ccccc2Cl)CC1. The second kappa shape index (κ2) is 8.89. The summed E-state index contributed by atoms with van der Waals surface area (Å²) in [6.45, 7) is 2.68. The summed E-state index contributed by atoms with van der Waals surface area (Å²) in [6, 6.07) is 7.78. The molecule has 1 fully saturated rings. The van der Waals surface area contributed by atoms with Crippen molar-refractivity contribution in [1.82, 2.24) is 20.4 Å². The first-order valence-electron chi connectivity index (χ1n) is 8.16. The third-order valence-corrected chi connectivity index (χ3v) is 4.48. The van der Waals surface area contributed by atoms with Gasteiger partial charge in [-0.15, -0.1) is 0 Å². The number of nitrogens with one attached hydrogen (secondary N) is 2. The van der Waals surface area contributed by atoms with Crippen LogP contribution in [0, 0.1) is 0 Å². The van der Waals surface area contributed by atoms with Gasteiger partial charge in [0.05, 0.1) is 6.54 Å². The minimum atomic E-state index is -0.264. The van der Waals surface area contributed by atoms with Crippen LogP contribution in [0.25, 0.3) is 0 Å². The molecule has 1 aromatic carbocycles. The maximum Gasteiger partial charge on any atom is 0.317 e. The number of carbonyl (C=O) groups is 2. The highest BCUT2D eigenvalue weighted by molar-refractivity contribution is 6.31. The Kier molecular flexibility index (Phi) is 6.87. The molecule has 132 valence electrons. The summed E-state index contributed by atoms with van der Waals surface area (Å²) >= 11 is 6.20. The Bertz CT molecular complexity index is 571. The molecule has 6 nitrogen and oxygen atoms in total. The van der Waals surface area contributed by atoms with Gasteiger partial charge in [-0.1, -0.05) is 29.8 Å². The fourth-order valence-corrected chi connectivity index (χ4v) is 2.89. The van der Waals surface area contributed by atoms with Crippen LogP contribution >= 0.6 is 11.6 Å². The predicted molar refractivity (Wildman–Crippen MR) is 95.0 cm³/mol. The van der Waals surface area contributed by atoms with Gasteiger partial charge in [-0.25, -0.2) is 4.79 Å². The Labute approximate surface area is 148 Å².